The number of hydrogen-bond acceptors (Lipinski definition) is 4. The van der Waals surface area contributed by atoms with Gasteiger partial charge in [0, 0.05) is 28.4 Å². The van der Waals surface area contributed by atoms with Crippen LogP contribution in [-0.2, 0) is 10.8 Å². The lowest BCUT2D eigenvalue weighted by Gasteiger charge is -2.42. The Labute approximate surface area is 276 Å². The SMILES string of the molecule is C=Cc1cc(C(C)(CCCC)C(C)NCC)ccc1OC.CC.CCNC(C)C(C)(c1ccc2occc2c1)C(Cl)(Cl)Cl. The number of nitrogens with one attached hydrogen (secondary N) is 2. The lowest BCUT2D eigenvalue weighted by atomic mass is 9.72. The zero-order valence-corrected chi connectivity index (χ0v) is 30.3. The van der Waals surface area contributed by atoms with Gasteiger partial charge in [-0.2, -0.15) is 0 Å². The Bertz CT molecular complexity index is 1240. The van der Waals surface area contributed by atoms with Crippen molar-refractivity contribution >= 4 is 51.8 Å². The molecule has 242 valence electrons. The third-order valence-corrected chi connectivity index (χ3v) is 9.82. The molecule has 1 heterocycles. The number of unbranched alkanes of at least 4 members (excludes halogenated alkanes) is 1. The van der Waals surface area contributed by atoms with Crippen molar-refractivity contribution in [1.29, 1.82) is 0 Å². The maximum atomic E-state index is 6.30. The highest BCUT2D eigenvalue weighted by Crippen LogP contribution is 2.49. The predicted molar refractivity (Wildman–Crippen MR) is 191 cm³/mol. The van der Waals surface area contributed by atoms with Crippen molar-refractivity contribution in [2.24, 2.45) is 0 Å². The molecule has 0 aliphatic rings. The summed E-state index contributed by atoms with van der Waals surface area (Å²) < 4.78 is 9.35. The molecule has 4 unspecified atom stereocenters. The first kappa shape index (κ1) is 39.3. The summed E-state index contributed by atoms with van der Waals surface area (Å²) in [5.74, 6) is 0.891. The zero-order valence-electron chi connectivity index (χ0n) is 28.0. The minimum absolute atomic E-state index is 0.00403. The number of rotatable bonds is 13. The molecule has 3 aromatic rings. The van der Waals surface area contributed by atoms with E-state index in [4.69, 9.17) is 44.0 Å². The van der Waals surface area contributed by atoms with Gasteiger partial charge in [-0.25, -0.2) is 0 Å². The smallest absolute Gasteiger partial charge is 0.201 e. The van der Waals surface area contributed by atoms with Crippen LogP contribution in [-0.4, -0.2) is 36.1 Å². The van der Waals surface area contributed by atoms with Gasteiger partial charge in [-0.05, 0) is 81.7 Å². The van der Waals surface area contributed by atoms with Crippen LogP contribution in [0, 0.1) is 0 Å². The van der Waals surface area contributed by atoms with Gasteiger partial charge in [0.25, 0.3) is 0 Å². The van der Waals surface area contributed by atoms with E-state index >= 15 is 0 Å². The molecule has 1 aromatic heterocycles. The van der Waals surface area contributed by atoms with Crippen LogP contribution in [0.5, 0.6) is 5.75 Å². The molecular formula is C36H55Cl3N2O2. The minimum Gasteiger partial charge on any atom is -0.496 e. The highest BCUT2D eigenvalue weighted by atomic mass is 35.6. The first-order chi connectivity index (χ1) is 20.3. The molecule has 0 spiro atoms. The Morgan fingerprint density at radius 2 is 1.51 bits per heavy atom. The van der Waals surface area contributed by atoms with E-state index in [1.54, 1.807) is 13.4 Å². The van der Waals surface area contributed by atoms with E-state index < -0.39 is 9.21 Å². The molecule has 4 nitrogen and oxygen atoms in total. The summed E-state index contributed by atoms with van der Waals surface area (Å²) in [6.07, 6.45) is 7.18. The van der Waals surface area contributed by atoms with E-state index in [1.807, 2.05) is 65.0 Å². The summed E-state index contributed by atoms with van der Waals surface area (Å²) in [6, 6.07) is 14.7. The quantitative estimate of drug-likeness (QED) is 0.180. The maximum absolute atomic E-state index is 6.30. The number of fused-ring (bicyclic) bond motifs is 1. The number of likely N-dealkylation sites (N-methyl/N-ethyl adjacent to an activating group) is 2. The predicted octanol–water partition coefficient (Wildman–Crippen LogP) is 10.9. The molecule has 0 bridgehead atoms. The van der Waals surface area contributed by atoms with Gasteiger partial charge in [-0.1, -0.05) is 114 Å². The van der Waals surface area contributed by atoms with Gasteiger partial charge in [0.2, 0.25) is 3.79 Å². The number of benzene rings is 2. The van der Waals surface area contributed by atoms with Gasteiger partial charge in [-0.15, -0.1) is 0 Å². The summed E-state index contributed by atoms with van der Waals surface area (Å²) in [5.41, 5.74) is 3.70. The molecule has 0 radical (unpaired) electrons. The van der Waals surface area contributed by atoms with E-state index in [0.29, 0.717) is 6.04 Å². The zero-order chi connectivity index (χ0) is 32.8. The first-order valence-electron chi connectivity index (χ1n) is 15.7. The minimum atomic E-state index is -1.42. The Morgan fingerprint density at radius 3 is 2.05 bits per heavy atom. The molecule has 0 aliphatic carbocycles. The van der Waals surface area contributed by atoms with Crippen molar-refractivity contribution in [3.63, 3.8) is 0 Å². The van der Waals surface area contributed by atoms with Crippen LogP contribution in [0.15, 0.2) is 59.7 Å². The highest BCUT2D eigenvalue weighted by molar-refractivity contribution is 6.68. The number of alkyl halides is 3. The Hall–Kier alpha value is -1.69. The molecule has 3 rings (SSSR count). The van der Waals surface area contributed by atoms with Gasteiger partial charge in [0.1, 0.15) is 11.3 Å². The highest BCUT2D eigenvalue weighted by Gasteiger charge is 2.49. The lowest BCUT2D eigenvalue weighted by molar-refractivity contribution is 0.309. The van der Waals surface area contributed by atoms with Crippen molar-refractivity contribution in [3.05, 3.63) is 72.0 Å². The van der Waals surface area contributed by atoms with E-state index in [0.717, 1.165) is 40.9 Å². The molecule has 0 saturated heterocycles. The molecule has 7 heteroatoms. The van der Waals surface area contributed by atoms with Crippen LogP contribution in [0.2, 0.25) is 0 Å². The summed E-state index contributed by atoms with van der Waals surface area (Å²) in [7, 11) is 1.71. The average molecular weight is 654 g/mol. The number of halogens is 3. The van der Waals surface area contributed by atoms with Crippen molar-refractivity contribution < 1.29 is 9.15 Å². The van der Waals surface area contributed by atoms with E-state index in [-0.39, 0.29) is 11.5 Å². The van der Waals surface area contributed by atoms with Crippen molar-refractivity contribution in [3.8, 4) is 5.75 Å². The topological polar surface area (TPSA) is 46.4 Å². The van der Waals surface area contributed by atoms with Crippen LogP contribution in [0.25, 0.3) is 17.0 Å². The molecular weight excluding hydrogens is 599 g/mol. The molecule has 2 aromatic carbocycles. The fourth-order valence-electron chi connectivity index (χ4n) is 5.39. The number of hydrogen-bond donors (Lipinski definition) is 2. The number of ether oxygens (including phenoxy) is 1. The Balaban J connectivity index is 0.000000407. The summed E-state index contributed by atoms with van der Waals surface area (Å²) in [5, 5.41) is 7.96. The first-order valence-corrected chi connectivity index (χ1v) is 16.8. The molecule has 0 fully saturated rings. The van der Waals surface area contributed by atoms with Gasteiger partial charge in [-0.3, -0.25) is 0 Å². The van der Waals surface area contributed by atoms with Crippen LogP contribution >= 0.6 is 34.8 Å². The number of methoxy groups -OCH3 is 1. The monoisotopic (exact) mass is 652 g/mol. The van der Waals surface area contributed by atoms with Crippen molar-refractivity contribution in [1.82, 2.24) is 10.6 Å². The largest absolute Gasteiger partial charge is 0.496 e. The van der Waals surface area contributed by atoms with Gasteiger partial charge < -0.3 is 19.8 Å². The second-order valence-electron chi connectivity index (χ2n) is 11.1. The third kappa shape index (κ3) is 9.65. The standard InChI is InChI=1S/C19H31NO.C15H18Cl3NO.C2H6/c1-7-10-13-19(5,15(4)20-9-3)17-11-12-18(21-6)16(8-2)14-17;1-4-19-10(2)14(3,15(16,17)18)12-5-6-13-11(9-12)7-8-20-13;1-2/h8,11-12,14-15,20H,2,7,9-10,13H2,1,3-6H3;5-10,19H,4H2,1-3H3;1-2H3. The molecule has 43 heavy (non-hydrogen) atoms. The lowest BCUT2D eigenvalue weighted by Crippen LogP contribution is -2.52. The average Bonchev–Trinajstić information content (AvgIpc) is 3.48. The van der Waals surface area contributed by atoms with Gasteiger partial charge in [0.05, 0.1) is 18.8 Å². The second-order valence-corrected chi connectivity index (χ2v) is 13.4. The molecule has 4 atom stereocenters. The van der Waals surface area contributed by atoms with E-state index in [9.17, 15) is 0 Å². The summed E-state index contributed by atoms with van der Waals surface area (Å²) >= 11 is 18.9. The summed E-state index contributed by atoms with van der Waals surface area (Å²) in [4.78, 5) is 0. The van der Waals surface area contributed by atoms with Crippen LogP contribution < -0.4 is 15.4 Å². The molecule has 0 saturated carbocycles. The Morgan fingerprint density at radius 1 is 0.907 bits per heavy atom. The summed E-state index contributed by atoms with van der Waals surface area (Å²) in [6.45, 7) is 24.8. The molecule has 2 N–H and O–H groups in total. The van der Waals surface area contributed by atoms with Crippen molar-refractivity contribution in [2.75, 3.05) is 20.2 Å². The fourth-order valence-corrected chi connectivity index (χ4v) is 6.21. The molecule has 0 aliphatic heterocycles. The van der Waals surface area contributed by atoms with Gasteiger partial charge in [0.15, 0.2) is 0 Å². The third-order valence-electron chi connectivity index (χ3n) is 8.64. The van der Waals surface area contributed by atoms with Crippen LogP contribution in [0.3, 0.4) is 0 Å². The maximum Gasteiger partial charge on any atom is 0.201 e. The number of furan rings is 1. The normalized spacial score (nSPS) is 15.6. The van der Waals surface area contributed by atoms with Crippen LogP contribution in [0.4, 0.5) is 0 Å². The van der Waals surface area contributed by atoms with Crippen molar-refractivity contribution in [2.45, 2.75) is 108 Å². The van der Waals surface area contributed by atoms with E-state index in [2.05, 4.69) is 63.1 Å². The van der Waals surface area contributed by atoms with Gasteiger partial charge >= 0.3 is 0 Å². The molecule has 0 amide bonds. The fraction of sp³-hybridized carbons (Fsp3) is 0.556. The Kier molecular flexibility index (Phi) is 16.8. The van der Waals surface area contributed by atoms with E-state index in [1.165, 1.54) is 24.8 Å². The van der Waals surface area contributed by atoms with Crippen LogP contribution in [0.1, 0.15) is 98.3 Å². The second kappa shape index (κ2) is 18.3.